The van der Waals surface area contributed by atoms with Crippen molar-refractivity contribution in [1.29, 1.82) is 0 Å². The van der Waals surface area contributed by atoms with Gasteiger partial charge in [0.05, 0.1) is 10.7 Å². The van der Waals surface area contributed by atoms with Gasteiger partial charge in [0.2, 0.25) is 0 Å². The molecule has 0 unspecified atom stereocenters. The average molecular weight is 308 g/mol. The van der Waals surface area contributed by atoms with Crippen molar-refractivity contribution in [3.05, 3.63) is 28.8 Å². The van der Waals surface area contributed by atoms with Crippen molar-refractivity contribution in [2.75, 3.05) is 11.4 Å². The van der Waals surface area contributed by atoms with Gasteiger partial charge < -0.3 is 4.90 Å². The van der Waals surface area contributed by atoms with Gasteiger partial charge in [-0.05, 0) is 50.3 Å². The third-order valence-electron chi connectivity index (χ3n) is 4.38. The number of Topliss-reactive ketones (excluding diaryl/α,β-unsaturated/α-hetero) is 1. The monoisotopic (exact) mass is 307 g/mol. The molecule has 0 amide bonds. The van der Waals surface area contributed by atoms with Crippen LogP contribution in [0.1, 0.15) is 63.2 Å². The lowest BCUT2D eigenvalue weighted by Crippen LogP contribution is -2.35. The van der Waals surface area contributed by atoms with Gasteiger partial charge in [-0.25, -0.2) is 0 Å². The fourth-order valence-corrected chi connectivity index (χ4v) is 3.36. The van der Waals surface area contributed by atoms with Gasteiger partial charge in [0, 0.05) is 18.2 Å². The molecule has 1 aromatic carbocycles. The van der Waals surface area contributed by atoms with Crippen molar-refractivity contribution in [3.63, 3.8) is 0 Å². The third-order valence-corrected chi connectivity index (χ3v) is 4.68. The Morgan fingerprint density at radius 2 is 2.00 bits per heavy atom. The molecular weight excluding hydrogens is 282 g/mol. The van der Waals surface area contributed by atoms with Crippen LogP contribution in [-0.4, -0.2) is 18.4 Å². The molecule has 0 bridgehead atoms. The van der Waals surface area contributed by atoms with Crippen molar-refractivity contribution in [1.82, 2.24) is 0 Å². The molecule has 0 spiro atoms. The summed E-state index contributed by atoms with van der Waals surface area (Å²) in [6, 6.07) is 6.35. The van der Waals surface area contributed by atoms with Crippen LogP contribution in [-0.2, 0) is 0 Å². The molecule has 0 N–H and O–H groups in total. The van der Waals surface area contributed by atoms with E-state index in [9.17, 15) is 4.79 Å². The molecule has 0 saturated heterocycles. The maximum absolute atomic E-state index is 11.5. The number of carbonyl (C=O) groups is 1. The summed E-state index contributed by atoms with van der Waals surface area (Å²) in [5.41, 5.74) is 1.79. The first-order chi connectivity index (χ1) is 9.99. The first kappa shape index (κ1) is 16.4. The summed E-state index contributed by atoms with van der Waals surface area (Å²) in [5, 5.41) is 0.707. The van der Waals surface area contributed by atoms with E-state index in [1.807, 2.05) is 18.2 Å². The highest BCUT2D eigenvalue weighted by molar-refractivity contribution is 6.33. The van der Waals surface area contributed by atoms with Gasteiger partial charge in [-0.2, -0.15) is 0 Å². The van der Waals surface area contributed by atoms with E-state index in [0.717, 1.165) is 12.2 Å². The summed E-state index contributed by atoms with van der Waals surface area (Å²) in [4.78, 5) is 13.9. The second-order valence-corrected chi connectivity index (χ2v) is 6.94. The number of halogens is 1. The minimum atomic E-state index is 0.0676. The van der Waals surface area contributed by atoms with Crippen molar-refractivity contribution in [3.8, 4) is 0 Å². The molecular formula is C18H26ClNO. The first-order valence-electron chi connectivity index (χ1n) is 8.06. The molecule has 1 aliphatic carbocycles. The molecule has 0 aromatic heterocycles. The fourth-order valence-electron chi connectivity index (χ4n) is 3.07. The molecule has 21 heavy (non-hydrogen) atoms. The zero-order valence-corrected chi connectivity index (χ0v) is 14.1. The topological polar surface area (TPSA) is 20.3 Å². The lowest BCUT2D eigenvalue weighted by molar-refractivity contribution is 0.101. The maximum Gasteiger partial charge on any atom is 0.159 e. The van der Waals surface area contributed by atoms with E-state index in [1.54, 1.807) is 6.92 Å². The lowest BCUT2D eigenvalue weighted by atomic mass is 10.1. The summed E-state index contributed by atoms with van der Waals surface area (Å²) < 4.78 is 0. The highest BCUT2D eigenvalue weighted by atomic mass is 35.5. The summed E-state index contributed by atoms with van der Waals surface area (Å²) in [6.07, 6.45) is 6.30. The van der Waals surface area contributed by atoms with E-state index >= 15 is 0 Å². The number of benzene rings is 1. The predicted molar refractivity (Wildman–Crippen MR) is 90.5 cm³/mol. The van der Waals surface area contributed by atoms with Gasteiger partial charge in [-0.3, -0.25) is 4.79 Å². The normalized spacial score (nSPS) is 15.7. The quantitative estimate of drug-likeness (QED) is 0.661. The molecule has 0 radical (unpaired) electrons. The van der Waals surface area contributed by atoms with Gasteiger partial charge in [0.15, 0.2) is 5.78 Å². The van der Waals surface area contributed by atoms with Crippen molar-refractivity contribution in [2.45, 2.75) is 58.9 Å². The van der Waals surface area contributed by atoms with Crippen LogP contribution in [0, 0.1) is 5.92 Å². The Labute approximate surface area is 133 Å². The predicted octanol–water partition coefficient (Wildman–Crippen LogP) is 5.34. The zero-order valence-electron chi connectivity index (χ0n) is 13.4. The molecule has 0 heterocycles. The van der Waals surface area contributed by atoms with E-state index in [-0.39, 0.29) is 5.78 Å². The number of carbonyl (C=O) groups excluding carboxylic acids is 1. The summed E-state index contributed by atoms with van der Waals surface area (Å²) in [7, 11) is 0. The Morgan fingerprint density at radius 1 is 1.33 bits per heavy atom. The van der Waals surface area contributed by atoms with Crippen LogP contribution in [0.2, 0.25) is 5.02 Å². The Bertz CT molecular complexity index is 492. The smallest absolute Gasteiger partial charge is 0.159 e. The minimum Gasteiger partial charge on any atom is -0.367 e. The second kappa shape index (κ2) is 7.31. The highest BCUT2D eigenvalue weighted by Crippen LogP contribution is 2.34. The lowest BCUT2D eigenvalue weighted by Gasteiger charge is -2.32. The Morgan fingerprint density at radius 3 is 2.52 bits per heavy atom. The Hall–Kier alpha value is -1.02. The van der Waals surface area contributed by atoms with Gasteiger partial charge in [-0.1, -0.05) is 38.3 Å². The van der Waals surface area contributed by atoms with Gasteiger partial charge in [0.25, 0.3) is 0 Å². The Balaban J connectivity index is 2.24. The summed E-state index contributed by atoms with van der Waals surface area (Å²) in [5.74, 6) is 0.752. The molecule has 2 nitrogen and oxygen atoms in total. The van der Waals surface area contributed by atoms with Crippen LogP contribution < -0.4 is 4.90 Å². The number of ketones is 1. The summed E-state index contributed by atoms with van der Waals surface area (Å²) >= 11 is 6.47. The third kappa shape index (κ3) is 4.23. The second-order valence-electron chi connectivity index (χ2n) is 6.54. The van der Waals surface area contributed by atoms with Crippen LogP contribution in [0.5, 0.6) is 0 Å². The number of anilines is 1. The number of hydrogen-bond donors (Lipinski definition) is 0. The first-order valence-corrected chi connectivity index (χ1v) is 8.44. The maximum atomic E-state index is 11.5. The van der Waals surface area contributed by atoms with Gasteiger partial charge in [0.1, 0.15) is 0 Å². The van der Waals surface area contributed by atoms with Gasteiger partial charge >= 0.3 is 0 Å². The minimum absolute atomic E-state index is 0.0676. The average Bonchev–Trinajstić information content (AvgIpc) is 2.94. The van der Waals surface area contributed by atoms with Crippen LogP contribution >= 0.6 is 11.6 Å². The van der Waals surface area contributed by atoms with E-state index in [4.69, 9.17) is 11.6 Å². The molecule has 0 atom stereocenters. The number of nitrogens with zero attached hydrogens (tertiary/aromatic N) is 1. The van der Waals surface area contributed by atoms with Gasteiger partial charge in [-0.15, -0.1) is 0 Å². The SMILES string of the molecule is CC(=O)c1ccc(N(CCC(C)C)C2CCCC2)c(Cl)c1. The van der Waals surface area contributed by atoms with Crippen LogP contribution in [0.3, 0.4) is 0 Å². The molecule has 1 fully saturated rings. The van der Waals surface area contributed by atoms with Crippen molar-refractivity contribution >= 4 is 23.1 Å². The number of hydrogen-bond acceptors (Lipinski definition) is 2. The number of rotatable bonds is 6. The fraction of sp³-hybridized carbons (Fsp3) is 0.611. The Kier molecular flexibility index (Phi) is 5.69. The molecule has 2 rings (SSSR count). The van der Waals surface area contributed by atoms with E-state index < -0.39 is 0 Å². The standard InChI is InChI=1S/C18H26ClNO/c1-13(2)10-11-20(16-6-4-5-7-16)18-9-8-15(14(3)21)12-17(18)19/h8-9,12-13,16H,4-7,10-11H2,1-3H3. The highest BCUT2D eigenvalue weighted by Gasteiger charge is 2.24. The van der Waals surface area contributed by atoms with E-state index in [2.05, 4.69) is 18.7 Å². The molecule has 116 valence electrons. The van der Waals surface area contributed by atoms with Crippen molar-refractivity contribution in [2.24, 2.45) is 5.92 Å². The molecule has 1 aromatic rings. The largest absolute Gasteiger partial charge is 0.367 e. The van der Waals surface area contributed by atoms with E-state index in [0.29, 0.717) is 22.5 Å². The van der Waals surface area contributed by atoms with E-state index in [1.165, 1.54) is 32.1 Å². The summed E-state index contributed by atoms with van der Waals surface area (Å²) in [6.45, 7) is 7.14. The zero-order chi connectivity index (χ0) is 15.4. The molecule has 1 aliphatic rings. The van der Waals surface area contributed by atoms with Crippen LogP contribution in [0.4, 0.5) is 5.69 Å². The molecule has 3 heteroatoms. The molecule has 1 saturated carbocycles. The molecule has 0 aliphatic heterocycles. The van der Waals surface area contributed by atoms with Crippen molar-refractivity contribution < 1.29 is 4.79 Å². The van der Waals surface area contributed by atoms with Crippen LogP contribution in [0.15, 0.2) is 18.2 Å². The van der Waals surface area contributed by atoms with Crippen LogP contribution in [0.25, 0.3) is 0 Å².